The van der Waals surface area contributed by atoms with Crippen molar-refractivity contribution in [2.75, 3.05) is 31.1 Å². The highest BCUT2D eigenvalue weighted by atomic mass is 15.3. The molecule has 0 radical (unpaired) electrons. The number of anilines is 1. The van der Waals surface area contributed by atoms with Crippen LogP contribution in [0.2, 0.25) is 0 Å². The second-order valence-electron chi connectivity index (χ2n) is 6.53. The molecule has 0 bridgehead atoms. The zero-order valence-corrected chi connectivity index (χ0v) is 13.7. The first-order valence-corrected chi connectivity index (χ1v) is 7.60. The molecule has 1 fully saturated rings. The van der Waals surface area contributed by atoms with Crippen LogP contribution < -0.4 is 4.90 Å². The van der Waals surface area contributed by atoms with E-state index < -0.39 is 5.54 Å². The van der Waals surface area contributed by atoms with E-state index >= 15 is 0 Å². The maximum atomic E-state index is 9.24. The van der Waals surface area contributed by atoms with Gasteiger partial charge in [0.15, 0.2) is 0 Å². The molecule has 2 rings (SSSR count). The minimum Gasteiger partial charge on any atom is -0.354 e. The van der Waals surface area contributed by atoms with E-state index in [1.165, 1.54) is 0 Å². The maximum Gasteiger partial charge on any atom is 0.133 e. The Kier molecular flexibility index (Phi) is 4.48. The Balaban J connectivity index is 2.11. The van der Waals surface area contributed by atoms with Crippen molar-refractivity contribution >= 4 is 5.82 Å². The van der Waals surface area contributed by atoms with Crippen molar-refractivity contribution in [1.82, 2.24) is 14.9 Å². The van der Waals surface area contributed by atoms with Crippen molar-refractivity contribution in [2.24, 2.45) is 0 Å². The number of nitriles is 1. The fourth-order valence-electron chi connectivity index (χ4n) is 2.56. The highest BCUT2D eigenvalue weighted by molar-refractivity contribution is 5.40. The topological polar surface area (TPSA) is 56.0 Å². The third-order valence-electron chi connectivity index (χ3n) is 4.04. The van der Waals surface area contributed by atoms with Gasteiger partial charge in [0.2, 0.25) is 0 Å². The molecule has 21 heavy (non-hydrogen) atoms. The summed E-state index contributed by atoms with van der Waals surface area (Å²) < 4.78 is 0. The zero-order chi connectivity index (χ0) is 15.6. The Hall–Kier alpha value is -1.67. The van der Waals surface area contributed by atoms with Crippen LogP contribution in [0.15, 0.2) is 6.07 Å². The molecular weight excluding hydrogens is 262 g/mol. The van der Waals surface area contributed by atoms with Crippen molar-refractivity contribution < 1.29 is 0 Å². The highest BCUT2D eigenvalue weighted by Crippen LogP contribution is 2.21. The minimum atomic E-state index is -0.392. The monoisotopic (exact) mass is 287 g/mol. The summed E-state index contributed by atoms with van der Waals surface area (Å²) in [5.74, 6) is 2.26. The number of aromatic nitrogens is 2. The van der Waals surface area contributed by atoms with Gasteiger partial charge in [-0.25, -0.2) is 9.97 Å². The summed E-state index contributed by atoms with van der Waals surface area (Å²) in [6.07, 6.45) is 0. The Morgan fingerprint density at radius 1 is 1.19 bits per heavy atom. The first-order valence-electron chi connectivity index (χ1n) is 7.60. The van der Waals surface area contributed by atoms with E-state index in [2.05, 4.69) is 40.8 Å². The number of nitrogens with zero attached hydrogens (tertiary/aromatic N) is 5. The van der Waals surface area contributed by atoms with Crippen LogP contribution >= 0.6 is 0 Å². The molecule has 0 atom stereocenters. The molecule has 0 aromatic carbocycles. The average molecular weight is 287 g/mol. The van der Waals surface area contributed by atoms with Crippen LogP contribution in [0.1, 0.15) is 45.1 Å². The molecule has 1 aromatic heterocycles. The van der Waals surface area contributed by atoms with Crippen molar-refractivity contribution in [3.63, 3.8) is 0 Å². The molecule has 0 aliphatic carbocycles. The van der Waals surface area contributed by atoms with Gasteiger partial charge in [-0.15, -0.1) is 0 Å². The van der Waals surface area contributed by atoms with Crippen LogP contribution in [0.3, 0.4) is 0 Å². The van der Waals surface area contributed by atoms with Gasteiger partial charge in [0.1, 0.15) is 17.2 Å². The molecule has 114 valence electrons. The average Bonchev–Trinajstić information content (AvgIpc) is 2.46. The molecule has 1 saturated heterocycles. The quantitative estimate of drug-likeness (QED) is 0.854. The van der Waals surface area contributed by atoms with Gasteiger partial charge in [0.25, 0.3) is 0 Å². The first-order chi connectivity index (χ1) is 9.83. The minimum absolute atomic E-state index is 0.336. The maximum absolute atomic E-state index is 9.24. The molecule has 5 heteroatoms. The lowest BCUT2D eigenvalue weighted by molar-refractivity contribution is 0.157. The number of piperazine rings is 1. The van der Waals surface area contributed by atoms with E-state index in [0.29, 0.717) is 5.92 Å². The lowest BCUT2D eigenvalue weighted by atomic mass is 10.0. The predicted octanol–water partition coefficient (Wildman–Crippen LogP) is 2.33. The highest BCUT2D eigenvalue weighted by Gasteiger charge is 2.30. The molecule has 1 aromatic rings. The summed E-state index contributed by atoms with van der Waals surface area (Å²) in [7, 11) is 0. The largest absolute Gasteiger partial charge is 0.354 e. The third kappa shape index (κ3) is 3.51. The summed E-state index contributed by atoms with van der Waals surface area (Å²) in [5, 5.41) is 9.24. The van der Waals surface area contributed by atoms with Gasteiger partial charge in [0.05, 0.1) is 6.07 Å². The van der Waals surface area contributed by atoms with Gasteiger partial charge in [-0.1, -0.05) is 13.8 Å². The zero-order valence-electron chi connectivity index (χ0n) is 13.7. The van der Waals surface area contributed by atoms with Gasteiger partial charge in [-0.2, -0.15) is 5.26 Å². The van der Waals surface area contributed by atoms with E-state index in [0.717, 1.165) is 43.5 Å². The molecule has 1 aliphatic heterocycles. The molecular formula is C16H25N5. The number of hydrogen-bond donors (Lipinski definition) is 0. The SMILES string of the molecule is Cc1cc(N2CCN(C(C)(C)C#N)CC2)nc(C(C)C)n1. The molecule has 2 heterocycles. The Bertz CT molecular complexity index is 536. The lowest BCUT2D eigenvalue weighted by Crippen LogP contribution is -2.54. The fourth-order valence-corrected chi connectivity index (χ4v) is 2.56. The van der Waals surface area contributed by atoms with Crippen molar-refractivity contribution in [1.29, 1.82) is 5.26 Å². The molecule has 0 amide bonds. The van der Waals surface area contributed by atoms with Crippen LogP contribution in [-0.2, 0) is 0 Å². The summed E-state index contributed by atoms with van der Waals surface area (Å²) >= 11 is 0. The molecule has 0 saturated carbocycles. The van der Waals surface area contributed by atoms with E-state index in [4.69, 9.17) is 4.98 Å². The van der Waals surface area contributed by atoms with Gasteiger partial charge in [-0.3, -0.25) is 4.90 Å². The number of hydrogen-bond acceptors (Lipinski definition) is 5. The molecule has 5 nitrogen and oxygen atoms in total. The lowest BCUT2D eigenvalue weighted by Gasteiger charge is -2.41. The van der Waals surface area contributed by atoms with Crippen molar-refractivity contribution in [3.8, 4) is 6.07 Å². The van der Waals surface area contributed by atoms with E-state index in [1.54, 1.807) is 0 Å². The molecule has 0 N–H and O–H groups in total. The number of aryl methyl sites for hydroxylation is 1. The van der Waals surface area contributed by atoms with E-state index in [-0.39, 0.29) is 0 Å². The van der Waals surface area contributed by atoms with Crippen molar-refractivity contribution in [3.05, 3.63) is 17.6 Å². The van der Waals surface area contributed by atoms with Gasteiger partial charge >= 0.3 is 0 Å². The first kappa shape index (κ1) is 15.7. The molecule has 0 spiro atoms. The van der Waals surface area contributed by atoms with E-state index in [1.807, 2.05) is 20.8 Å². The van der Waals surface area contributed by atoms with Gasteiger partial charge in [-0.05, 0) is 20.8 Å². The number of rotatable bonds is 3. The van der Waals surface area contributed by atoms with Gasteiger partial charge in [0, 0.05) is 43.9 Å². The van der Waals surface area contributed by atoms with Gasteiger partial charge < -0.3 is 4.90 Å². The molecule has 0 unspecified atom stereocenters. The van der Waals surface area contributed by atoms with Crippen LogP contribution in [0.5, 0.6) is 0 Å². The van der Waals surface area contributed by atoms with Crippen LogP contribution in [-0.4, -0.2) is 46.6 Å². The second-order valence-corrected chi connectivity index (χ2v) is 6.53. The molecule has 1 aliphatic rings. The van der Waals surface area contributed by atoms with Crippen molar-refractivity contribution in [2.45, 2.75) is 46.1 Å². The predicted molar refractivity (Wildman–Crippen MR) is 84.3 cm³/mol. The summed E-state index contributed by atoms with van der Waals surface area (Å²) in [6.45, 7) is 13.8. The summed E-state index contributed by atoms with van der Waals surface area (Å²) in [5.41, 5.74) is 0.625. The Morgan fingerprint density at radius 3 is 2.33 bits per heavy atom. The fraction of sp³-hybridized carbons (Fsp3) is 0.688. The normalized spacial score (nSPS) is 17.1. The van der Waals surface area contributed by atoms with E-state index in [9.17, 15) is 5.26 Å². The van der Waals surface area contributed by atoms with Crippen LogP contribution in [0.4, 0.5) is 5.82 Å². The Morgan fingerprint density at radius 2 is 1.81 bits per heavy atom. The summed E-state index contributed by atoms with van der Waals surface area (Å²) in [6, 6.07) is 4.43. The Labute approximate surface area is 127 Å². The third-order valence-corrected chi connectivity index (χ3v) is 4.04. The van der Waals surface area contributed by atoms with Crippen LogP contribution in [0.25, 0.3) is 0 Å². The standard InChI is InChI=1S/C16H25N5/c1-12(2)15-18-13(3)10-14(19-15)20-6-8-21(9-7-20)16(4,5)11-17/h10,12H,6-9H2,1-5H3. The summed E-state index contributed by atoms with van der Waals surface area (Å²) in [4.78, 5) is 13.7. The van der Waals surface area contributed by atoms with Crippen LogP contribution in [0, 0.1) is 18.3 Å². The second kappa shape index (κ2) is 5.98. The smallest absolute Gasteiger partial charge is 0.133 e.